The van der Waals surface area contributed by atoms with E-state index in [4.69, 9.17) is 0 Å². The number of nitrogens with zero attached hydrogens (tertiary/aromatic N) is 2. The molecule has 2 atom stereocenters. The third-order valence-corrected chi connectivity index (χ3v) is 5.95. The van der Waals surface area contributed by atoms with Crippen molar-refractivity contribution in [2.45, 2.75) is 21.9 Å². The summed E-state index contributed by atoms with van der Waals surface area (Å²) >= 11 is 3.78. The summed E-state index contributed by atoms with van der Waals surface area (Å²) in [6.07, 6.45) is 3.65. The van der Waals surface area contributed by atoms with Crippen LogP contribution in [0, 0.1) is 0 Å². The Hall–Kier alpha value is -1.39. The monoisotopic (exact) mass is 284 g/mol. The molecule has 1 aromatic carbocycles. The van der Waals surface area contributed by atoms with Crippen LogP contribution in [0.2, 0.25) is 0 Å². The normalized spacial score (nSPS) is 24.0. The maximum absolute atomic E-state index is 4.53. The molecule has 3 heterocycles. The molecule has 2 aromatic rings. The quantitative estimate of drug-likeness (QED) is 0.777. The van der Waals surface area contributed by atoms with E-state index in [2.05, 4.69) is 45.7 Å². The molecule has 0 bridgehead atoms. The second-order valence-corrected chi connectivity index (χ2v) is 6.84. The van der Waals surface area contributed by atoms with Gasteiger partial charge in [-0.3, -0.25) is 4.99 Å². The lowest BCUT2D eigenvalue weighted by Gasteiger charge is -2.20. The summed E-state index contributed by atoms with van der Waals surface area (Å²) < 4.78 is 1.43. The van der Waals surface area contributed by atoms with Gasteiger partial charge in [0.2, 0.25) is 0 Å². The van der Waals surface area contributed by atoms with Crippen molar-refractivity contribution in [1.82, 2.24) is 0 Å². The van der Waals surface area contributed by atoms with E-state index in [1.54, 1.807) is 6.34 Å². The highest BCUT2D eigenvalue weighted by molar-refractivity contribution is 8.00. The van der Waals surface area contributed by atoms with E-state index in [-0.39, 0.29) is 6.04 Å². The van der Waals surface area contributed by atoms with Crippen LogP contribution in [0.15, 0.2) is 49.9 Å². The summed E-state index contributed by atoms with van der Waals surface area (Å²) in [6.45, 7) is 0. The van der Waals surface area contributed by atoms with Crippen molar-refractivity contribution < 1.29 is 0 Å². The Labute approximate surface area is 120 Å². The Morgan fingerprint density at radius 3 is 2.95 bits per heavy atom. The zero-order chi connectivity index (χ0) is 12.7. The largest absolute Gasteiger partial charge is 0.263 e. The van der Waals surface area contributed by atoms with E-state index in [1.807, 2.05) is 29.3 Å². The molecule has 0 aliphatic carbocycles. The van der Waals surface area contributed by atoms with Gasteiger partial charge in [0.25, 0.3) is 0 Å². The zero-order valence-corrected chi connectivity index (χ0v) is 11.8. The van der Waals surface area contributed by atoms with Crippen molar-refractivity contribution in [2.24, 2.45) is 9.98 Å². The van der Waals surface area contributed by atoms with E-state index in [1.165, 1.54) is 20.9 Å². The first-order valence-corrected chi connectivity index (χ1v) is 8.13. The first kappa shape index (κ1) is 11.4. The van der Waals surface area contributed by atoms with Crippen LogP contribution in [0.5, 0.6) is 0 Å². The lowest BCUT2D eigenvalue weighted by molar-refractivity contribution is 0.743. The minimum Gasteiger partial charge on any atom is -0.263 e. The number of aliphatic imine (C=N–C) groups is 2. The van der Waals surface area contributed by atoms with Gasteiger partial charge < -0.3 is 0 Å². The molecule has 4 heteroatoms. The van der Waals surface area contributed by atoms with Crippen LogP contribution in [-0.2, 0) is 5.75 Å². The highest BCUT2D eigenvalue weighted by Crippen LogP contribution is 2.45. The van der Waals surface area contributed by atoms with Crippen molar-refractivity contribution in [1.29, 1.82) is 0 Å². The third-order valence-electron chi connectivity index (χ3n) is 3.63. The lowest BCUT2D eigenvalue weighted by atomic mass is 9.85. The molecule has 0 amide bonds. The highest BCUT2D eigenvalue weighted by atomic mass is 32.2. The van der Waals surface area contributed by atoms with Crippen molar-refractivity contribution in [3.05, 3.63) is 52.4 Å². The van der Waals surface area contributed by atoms with E-state index in [0.29, 0.717) is 5.92 Å². The molecule has 0 radical (unpaired) electrons. The average Bonchev–Trinajstić information content (AvgIpc) is 3.09. The van der Waals surface area contributed by atoms with Crippen molar-refractivity contribution >= 4 is 35.7 Å². The standard InChI is InChI=1S/C15H12N2S2/c1-2-4-11-10(3-1)8-19-15-12(5-6-18-15)14(11)13-7-16-9-17-13/h1-7,9,13-14H,8H2/t13-,14-/m1/s1. The fourth-order valence-corrected chi connectivity index (χ4v) is 4.95. The van der Waals surface area contributed by atoms with Crippen LogP contribution in [0.3, 0.4) is 0 Å². The fraction of sp³-hybridized carbons (Fsp3) is 0.200. The molecule has 4 rings (SSSR count). The SMILES string of the molecule is C1=NC=N[C@H]1[C@@H]1c2ccccc2CSc2sccc21. The first-order valence-electron chi connectivity index (χ1n) is 6.26. The number of thiophene rings is 1. The van der Waals surface area contributed by atoms with Crippen molar-refractivity contribution in [3.8, 4) is 0 Å². The van der Waals surface area contributed by atoms with E-state index < -0.39 is 0 Å². The lowest BCUT2D eigenvalue weighted by Crippen LogP contribution is -2.18. The van der Waals surface area contributed by atoms with Crippen LogP contribution in [0.4, 0.5) is 0 Å². The molecule has 2 nitrogen and oxygen atoms in total. The van der Waals surface area contributed by atoms with Gasteiger partial charge in [-0.05, 0) is 28.1 Å². The molecule has 0 fully saturated rings. The van der Waals surface area contributed by atoms with Gasteiger partial charge in [0.15, 0.2) is 0 Å². The van der Waals surface area contributed by atoms with Crippen molar-refractivity contribution in [2.75, 3.05) is 0 Å². The number of benzene rings is 1. The van der Waals surface area contributed by atoms with E-state index in [9.17, 15) is 0 Å². The summed E-state index contributed by atoms with van der Waals surface area (Å²) in [6, 6.07) is 11.1. The number of fused-ring (bicyclic) bond motifs is 2. The van der Waals surface area contributed by atoms with Gasteiger partial charge in [-0.1, -0.05) is 24.3 Å². The second-order valence-electron chi connectivity index (χ2n) is 4.68. The maximum Gasteiger partial charge on any atom is 0.110 e. The second kappa shape index (κ2) is 4.62. The fourth-order valence-electron chi connectivity index (χ4n) is 2.75. The molecule has 2 aliphatic rings. The average molecular weight is 284 g/mol. The van der Waals surface area contributed by atoms with Crippen LogP contribution in [0.1, 0.15) is 22.6 Å². The summed E-state index contributed by atoms with van der Waals surface area (Å²) in [5, 5.41) is 2.19. The smallest absolute Gasteiger partial charge is 0.110 e. The molecule has 0 N–H and O–H groups in total. The molecule has 0 saturated heterocycles. The van der Waals surface area contributed by atoms with Gasteiger partial charge in [0, 0.05) is 17.9 Å². The predicted molar refractivity (Wildman–Crippen MR) is 82.9 cm³/mol. The first-order chi connectivity index (χ1) is 9.43. The van der Waals surface area contributed by atoms with Gasteiger partial charge in [-0.25, -0.2) is 4.99 Å². The zero-order valence-electron chi connectivity index (χ0n) is 10.2. The number of thioether (sulfide) groups is 1. The molecular weight excluding hydrogens is 272 g/mol. The summed E-state index contributed by atoms with van der Waals surface area (Å²) in [5.74, 6) is 1.36. The minimum absolute atomic E-state index is 0.146. The Kier molecular flexibility index (Phi) is 2.78. The van der Waals surface area contributed by atoms with Crippen LogP contribution >= 0.6 is 23.1 Å². The maximum atomic E-state index is 4.53. The van der Waals surface area contributed by atoms with Gasteiger partial charge >= 0.3 is 0 Å². The Balaban J connectivity index is 1.92. The summed E-state index contributed by atoms with van der Waals surface area (Å²) in [7, 11) is 0. The third kappa shape index (κ3) is 1.86. The topological polar surface area (TPSA) is 24.7 Å². The van der Waals surface area contributed by atoms with E-state index in [0.717, 1.165) is 5.75 Å². The molecule has 0 saturated carbocycles. The van der Waals surface area contributed by atoms with Gasteiger partial charge in [0.05, 0.1) is 10.3 Å². The molecule has 2 aliphatic heterocycles. The van der Waals surface area contributed by atoms with Gasteiger partial charge in [-0.2, -0.15) is 0 Å². The van der Waals surface area contributed by atoms with Gasteiger partial charge in [-0.15, -0.1) is 23.1 Å². The number of hydrogen-bond donors (Lipinski definition) is 0. The Morgan fingerprint density at radius 2 is 2.05 bits per heavy atom. The van der Waals surface area contributed by atoms with E-state index >= 15 is 0 Å². The van der Waals surface area contributed by atoms with Crippen LogP contribution in [0.25, 0.3) is 0 Å². The summed E-state index contributed by atoms with van der Waals surface area (Å²) in [5.41, 5.74) is 4.24. The molecule has 0 spiro atoms. The van der Waals surface area contributed by atoms with Crippen LogP contribution < -0.4 is 0 Å². The van der Waals surface area contributed by atoms with Crippen LogP contribution in [-0.4, -0.2) is 18.6 Å². The predicted octanol–water partition coefficient (Wildman–Crippen LogP) is 3.97. The number of hydrogen-bond acceptors (Lipinski definition) is 4. The Morgan fingerprint density at radius 1 is 1.11 bits per heavy atom. The summed E-state index contributed by atoms with van der Waals surface area (Å²) in [4.78, 5) is 8.71. The minimum atomic E-state index is 0.146. The molecule has 19 heavy (non-hydrogen) atoms. The Bertz CT molecular complexity index is 660. The number of rotatable bonds is 1. The highest BCUT2D eigenvalue weighted by Gasteiger charge is 2.31. The molecule has 0 unspecified atom stereocenters. The van der Waals surface area contributed by atoms with Crippen molar-refractivity contribution in [3.63, 3.8) is 0 Å². The molecule has 94 valence electrons. The molecule has 1 aromatic heterocycles. The van der Waals surface area contributed by atoms with Gasteiger partial charge in [0.1, 0.15) is 6.34 Å². The molecular formula is C15H12N2S2.